The van der Waals surface area contributed by atoms with E-state index in [0.717, 1.165) is 10.5 Å². The number of hydrogen-bond donors (Lipinski definition) is 1. The topological polar surface area (TPSA) is 28.7 Å². The number of nitrogens with zero attached hydrogens (tertiary/aromatic N) is 1. The van der Waals surface area contributed by atoms with Gasteiger partial charge >= 0.3 is 0 Å². The van der Waals surface area contributed by atoms with Gasteiger partial charge in [0.15, 0.2) is 5.82 Å². The number of H-pyrrole nitrogens is 1. The fourth-order valence-corrected chi connectivity index (χ4v) is 2.42. The summed E-state index contributed by atoms with van der Waals surface area (Å²) in [4.78, 5) is 6.99. The molecule has 1 heterocycles. The van der Waals surface area contributed by atoms with Crippen LogP contribution in [-0.2, 0) is 0 Å². The molecule has 0 atom stereocenters. The number of nitrogens with one attached hydrogen (secondary N) is 1. The van der Waals surface area contributed by atoms with Crippen LogP contribution in [0.1, 0.15) is 0 Å². The Morgan fingerprint density at radius 2 is 1.95 bits per heavy atom. The third kappa shape index (κ3) is 2.24. The Bertz CT molecular complexity index is 786. The number of hydrogen-bond acceptors (Lipinski definition) is 1. The molecule has 0 unspecified atom stereocenters. The molecule has 0 saturated carbocycles. The van der Waals surface area contributed by atoms with Crippen LogP contribution in [0, 0.1) is 11.6 Å². The van der Waals surface area contributed by atoms with Crippen LogP contribution in [0.25, 0.3) is 22.4 Å². The number of benzene rings is 2. The smallest absolute Gasteiger partial charge is 0.153 e. The summed E-state index contributed by atoms with van der Waals surface area (Å²) >= 11 is 9.41. The first kappa shape index (κ1) is 12.6. The van der Waals surface area contributed by atoms with Crippen LogP contribution in [0.5, 0.6) is 0 Å². The molecule has 1 aromatic heterocycles. The van der Waals surface area contributed by atoms with Crippen LogP contribution in [0.2, 0.25) is 5.02 Å². The van der Waals surface area contributed by atoms with E-state index in [1.165, 1.54) is 6.07 Å². The molecule has 0 bridgehead atoms. The van der Waals surface area contributed by atoms with Gasteiger partial charge in [-0.15, -0.1) is 0 Å². The van der Waals surface area contributed by atoms with Crippen LogP contribution < -0.4 is 0 Å². The first-order valence-electron chi connectivity index (χ1n) is 5.35. The summed E-state index contributed by atoms with van der Waals surface area (Å²) in [6.45, 7) is 0. The van der Waals surface area contributed by atoms with Crippen molar-refractivity contribution in [2.75, 3.05) is 0 Å². The van der Waals surface area contributed by atoms with E-state index in [4.69, 9.17) is 11.6 Å². The Labute approximate surface area is 120 Å². The summed E-state index contributed by atoms with van der Waals surface area (Å²) < 4.78 is 27.5. The van der Waals surface area contributed by atoms with E-state index in [-0.39, 0.29) is 5.52 Å². The van der Waals surface area contributed by atoms with Crippen molar-refractivity contribution in [3.8, 4) is 11.4 Å². The normalized spacial score (nSPS) is 11.2. The highest BCUT2D eigenvalue weighted by Gasteiger charge is 2.13. The van der Waals surface area contributed by atoms with Crippen molar-refractivity contribution in [1.29, 1.82) is 0 Å². The van der Waals surface area contributed by atoms with E-state index in [9.17, 15) is 8.78 Å². The van der Waals surface area contributed by atoms with Crippen LogP contribution in [0.4, 0.5) is 8.78 Å². The van der Waals surface area contributed by atoms with E-state index in [0.29, 0.717) is 21.9 Å². The second-order valence-corrected chi connectivity index (χ2v) is 5.32. The van der Waals surface area contributed by atoms with Crippen LogP contribution in [-0.4, -0.2) is 9.97 Å². The van der Waals surface area contributed by atoms with E-state index in [2.05, 4.69) is 25.9 Å². The van der Waals surface area contributed by atoms with Crippen LogP contribution in [0.3, 0.4) is 0 Å². The first-order valence-corrected chi connectivity index (χ1v) is 6.52. The van der Waals surface area contributed by atoms with Crippen molar-refractivity contribution < 1.29 is 8.78 Å². The molecule has 3 aromatic rings. The molecule has 19 heavy (non-hydrogen) atoms. The predicted molar refractivity (Wildman–Crippen MR) is 74.2 cm³/mol. The van der Waals surface area contributed by atoms with E-state index >= 15 is 0 Å². The molecule has 0 saturated heterocycles. The average molecular weight is 344 g/mol. The van der Waals surface area contributed by atoms with Crippen molar-refractivity contribution >= 4 is 38.6 Å². The molecule has 3 rings (SSSR count). The quantitative estimate of drug-likeness (QED) is 0.667. The fourth-order valence-electron chi connectivity index (χ4n) is 1.85. The molecule has 0 radical (unpaired) electrons. The predicted octanol–water partition coefficient (Wildman–Crippen LogP) is 4.92. The van der Waals surface area contributed by atoms with Gasteiger partial charge in [0.05, 0.1) is 10.5 Å². The number of rotatable bonds is 1. The first-order chi connectivity index (χ1) is 9.04. The van der Waals surface area contributed by atoms with E-state index in [1.807, 2.05) is 0 Å². The van der Waals surface area contributed by atoms with Gasteiger partial charge in [0.1, 0.15) is 17.2 Å². The van der Waals surface area contributed by atoms with Gasteiger partial charge in [-0.2, -0.15) is 0 Å². The standard InChI is InChI=1S/C13H6BrClF2N2/c14-6-1-2-9(15)8(3-6)13-18-11-5-7(16)4-10(17)12(11)19-13/h1-5H,(H,18,19). The zero-order valence-corrected chi connectivity index (χ0v) is 11.7. The maximum Gasteiger partial charge on any atom is 0.153 e. The summed E-state index contributed by atoms with van der Waals surface area (Å²) in [5.41, 5.74) is 1.00. The SMILES string of the molecule is Fc1cc(F)c2nc(-c3cc(Br)ccc3Cl)[nH]c2c1. The second-order valence-electron chi connectivity index (χ2n) is 3.99. The molecule has 2 aromatic carbocycles. The number of aromatic nitrogens is 2. The average Bonchev–Trinajstić information content (AvgIpc) is 2.76. The lowest BCUT2D eigenvalue weighted by atomic mass is 10.2. The van der Waals surface area contributed by atoms with Gasteiger partial charge in [0.2, 0.25) is 0 Å². The van der Waals surface area contributed by atoms with Crippen molar-refractivity contribution in [2.24, 2.45) is 0 Å². The van der Waals surface area contributed by atoms with Gasteiger partial charge in [0.25, 0.3) is 0 Å². The Hall–Kier alpha value is -1.46. The third-order valence-corrected chi connectivity index (χ3v) is 3.51. The molecule has 0 amide bonds. The lowest BCUT2D eigenvalue weighted by molar-refractivity contribution is 0.591. The molecule has 6 heteroatoms. The Kier molecular flexibility index (Phi) is 3.03. The molecule has 0 fully saturated rings. The molecule has 0 aliphatic rings. The molecule has 0 aliphatic carbocycles. The number of halogens is 4. The minimum atomic E-state index is -0.705. The highest BCUT2D eigenvalue weighted by Crippen LogP contribution is 2.30. The maximum absolute atomic E-state index is 13.6. The van der Waals surface area contributed by atoms with Gasteiger partial charge in [-0.05, 0) is 24.3 Å². The Morgan fingerprint density at radius 1 is 1.16 bits per heavy atom. The van der Waals surface area contributed by atoms with Crippen molar-refractivity contribution in [2.45, 2.75) is 0 Å². The van der Waals surface area contributed by atoms with Crippen LogP contribution >= 0.6 is 27.5 Å². The van der Waals surface area contributed by atoms with Gasteiger partial charge < -0.3 is 4.98 Å². The van der Waals surface area contributed by atoms with Crippen LogP contribution in [0.15, 0.2) is 34.8 Å². The minimum absolute atomic E-state index is 0.0902. The number of aromatic amines is 1. The largest absolute Gasteiger partial charge is 0.338 e. The van der Waals surface area contributed by atoms with Gasteiger partial charge in [0, 0.05) is 16.1 Å². The molecular weight excluding hydrogens is 338 g/mol. The third-order valence-electron chi connectivity index (χ3n) is 2.69. The molecule has 96 valence electrons. The zero-order chi connectivity index (χ0) is 13.6. The Balaban J connectivity index is 2.26. The molecule has 1 N–H and O–H groups in total. The molecule has 0 spiro atoms. The fraction of sp³-hybridized carbons (Fsp3) is 0. The van der Waals surface area contributed by atoms with Crippen molar-refractivity contribution in [1.82, 2.24) is 9.97 Å². The lowest BCUT2D eigenvalue weighted by Gasteiger charge is -2.00. The van der Waals surface area contributed by atoms with E-state index < -0.39 is 11.6 Å². The Morgan fingerprint density at radius 3 is 2.74 bits per heavy atom. The summed E-state index contributed by atoms with van der Waals surface area (Å²) in [5.74, 6) is -0.963. The van der Waals surface area contributed by atoms with Gasteiger partial charge in [-0.1, -0.05) is 27.5 Å². The van der Waals surface area contributed by atoms with Crippen molar-refractivity contribution in [3.63, 3.8) is 0 Å². The summed E-state index contributed by atoms with van der Waals surface area (Å²) in [6.07, 6.45) is 0. The highest BCUT2D eigenvalue weighted by molar-refractivity contribution is 9.10. The monoisotopic (exact) mass is 342 g/mol. The lowest BCUT2D eigenvalue weighted by Crippen LogP contribution is -1.82. The highest BCUT2D eigenvalue weighted by atomic mass is 79.9. The second kappa shape index (κ2) is 4.58. The van der Waals surface area contributed by atoms with Crippen molar-refractivity contribution in [3.05, 3.63) is 51.5 Å². The number of fused-ring (bicyclic) bond motifs is 1. The number of imidazole rings is 1. The summed E-state index contributed by atoms with van der Waals surface area (Å²) in [7, 11) is 0. The minimum Gasteiger partial charge on any atom is -0.338 e. The van der Waals surface area contributed by atoms with Gasteiger partial charge in [-0.25, -0.2) is 13.8 Å². The molecular formula is C13H6BrClF2N2. The summed E-state index contributed by atoms with van der Waals surface area (Å²) in [5, 5.41) is 0.475. The molecule has 0 aliphatic heterocycles. The summed E-state index contributed by atoms with van der Waals surface area (Å²) in [6, 6.07) is 7.24. The maximum atomic E-state index is 13.6. The molecule has 2 nitrogen and oxygen atoms in total. The zero-order valence-electron chi connectivity index (χ0n) is 9.35. The van der Waals surface area contributed by atoms with E-state index in [1.54, 1.807) is 18.2 Å². The van der Waals surface area contributed by atoms with Gasteiger partial charge in [-0.3, -0.25) is 0 Å².